The van der Waals surface area contributed by atoms with Crippen molar-refractivity contribution < 1.29 is 9.69 Å². The normalized spacial score (nSPS) is 20.8. The zero-order valence-corrected chi connectivity index (χ0v) is 15.6. The van der Waals surface area contributed by atoms with Crippen LogP contribution < -0.4 is 10.2 Å². The first-order chi connectivity index (χ1) is 12.1. The first kappa shape index (κ1) is 17.9. The maximum absolute atomic E-state index is 12.3. The number of likely N-dealkylation sites (tertiary alicyclic amines) is 1. The fourth-order valence-corrected chi connectivity index (χ4v) is 3.81. The second-order valence-electron chi connectivity index (χ2n) is 7.81. The summed E-state index contributed by atoms with van der Waals surface area (Å²) >= 11 is 0. The van der Waals surface area contributed by atoms with Crippen LogP contribution in [-0.4, -0.2) is 25.5 Å². The molecule has 1 aliphatic rings. The largest absolute Gasteiger partial charge is 0.356 e. The van der Waals surface area contributed by atoms with E-state index in [2.05, 4.69) is 61.6 Å². The maximum Gasteiger partial charge on any atom is 0.223 e. The Kier molecular flexibility index (Phi) is 6.09. The Balaban J connectivity index is 1.51. The highest BCUT2D eigenvalue weighted by Crippen LogP contribution is 2.18. The van der Waals surface area contributed by atoms with Crippen molar-refractivity contribution in [3.8, 4) is 0 Å². The molecule has 1 fully saturated rings. The fraction of sp³-hybridized carbons (Fsp3) is 0.500. The van der Waals surface area contributed by atoms with Crippen molar-refractivity contribution in [3.63, 3.8) is 0 Å². The molecule has 1 heterocycles. The summed E-state index contributed by atoms with van der Waals surface area (Å²) in [7, 11) is 0. The van der Waals surface area contributed by atoms with E-state index in [0.29, 0.717) is 5.92 Å². The zero-order valence-electron chi connectivity index (χ0n) is 15.6. The van der Waals surface area contributed by atoms with Crippen molar-refractivity contribution in [1.82, 2.24) is 5.32 Å². The number of carbonyl (C=O) groups excluding carboxylic acids is 1. The van der Waals surface area contributed by atoms with Gasteiger partial charge in [-0.15, -0.1) is 0 Å². The van der Waals surface area contributed by atoms with Gasteiger partial charge in [-0.2, -0.15) is 0 Å². The summed E-state index contributed by atoms with van der Waals surface area (Å²) in [6, 6.07) is 15.2. The van der Waals surface area contributed by atoms with Crippen LogP contribution in [0, 0.1) is 11.8 Å². The average molecular weight is 340 g/mol. The number of piperidine rings is 1. The van der Waals surface area contributed by atoms with E-state index in [9.17, 15) is 4.79 Å². The highest BCUT2D eigenvalue weighted by atomic mass is 16.1. The van der Waals surface area contributed by atoms with Crippen LogP contribution in [0.15, 0.2) is 42.5 Å². The molecule has 0 aliphatic carbocycles. The van der Waals surface area contributed by atoms with Crippen LogP contribution in [0.25, 0.3) is 10.8 Å². The molecule has 0 spiro atoms. The Labute approximate surface area is 151 Å². The van der Waals surface area contributed by atoms with Crippen LogP contribution in [0.5, 0.6) is 0 Å². The topological polar surface area (TPSA) is 33.5 Å². The Morgan fingerprint density at radius 1 is 1.12 bits per heavy atom. The molecule has 2 aromatic rings. The minimum Gasteiger partial charge on any atom is -0.356 e. The van der Waals surface area contributed by atoms with Gasteiger partial charge in [0.15, 0.2) is 0 Å². The molecule has 3 nitrogen and oxygen atoms in total. The molecule has 0 bridgehead atoms. The van der Waals surface area contributed by atoms with Gasteiger partial charge in [-0.3, -0.25) is 4.79 Å². The summed E-state index contributed by atoms with van der Waals surface area (Å²) in [4.78, 5) is 13.9. The molecule has 25 heavy (non-hydrogen) atoms. The Morgan fingerprint density at radius 3 is 2.60 bits per heavy atom. The number of amides is 1. The third-order valence-corrected chi connectivity index (χ3v) is 5.40. The van der Waals surface area contributed by atoms with Gasteiger partial charge in [0, 0.05) is 30.9 Å². The second kappa shape index (κ2) is 8.48. The lowest BCUT2D eigenvalue weighted by Gasteiger charge is -2.29. The summed E-state index contributed by atoms with van der Waals surface area (Å²) < 4.78 is 0. The summed E-state index contributed by atoms with van der Waals surface area (Å²) in [5.41, 5.74) is 1.42. The van der Waals surface area contributed by atoms with Gasteiger partial charge in [0.05, 0.1) is 13.1 Å². The van der Waals surface area contributed by atoms with Gasteiger partial charge in [0.2, 0.25) is 5.91 Å². The predicted octanol–water partition coefficient (Wildman–Crippen LogP) is 2.80. The van der Waals surface area contributed by atoms with E-state index in [-0.39, 0.29) is 11.8 Å². The third-order valence-electron chi connectivity index (χ3n) is 5.40. The van der Waals surface area contributed by atoms with Gasteiger partial charge in [-0.05, 0) is 23.1 Å². The predicted molar refractivity (Wildman–Crippen MR) is 104 cm³/mol. The number of rotatable bonds is 6. The van der Waals surface area contributed by atoms with E-state index < -0.39 is 0 Å². The standard InChI is InChI=1S/C22H30N2O/c1-17(2)10-13-23-22(25)19-11-14-24(15-12-19)16-20-8-5-7-18-6-3-4-9-21(18)20/h3-9,17,19H,10-16H2,1-2H3,(H,23,25)/p+1. The van der Waals surface area contributed by atoms with Crippen molar-refractivity contribution in [2.24, 2.45) is 11.8 Å². The van der Waals surface area contributed by atoms with Gasteiger partial charge in [-0.25, -0.2) is 0 Å². The van der Waals surface area contributed by atoms with Gasteiger partial charge in [0.25, 0.3) is 0 Å². The molecule has 0 radical (unpaired) electrons. The van der Waals surface area contributed by atoms with Crippen LogP contribution in [0.4, 0.5) is 0 Å². The lowest BCUT2D eigenvalue weighted by molar-refractivity contribution is -0.919. The smallest absolute Gasteiger partial charge is 0.223 e. The molecular weight excluding hydrogens is 308 g/mol. The molecule has 1 aliphatic heterocycles. The van der Waals surface area contributed by atoms with Crippen LogP contribution in [0.1, 0.15) is 38.7 Å². The van der Waals surface area contributed by atoms with Crippen molar-refractivity contribution in [2.75, 3.05) is 19.6 Å². The monoisotopic (exact) mass is 339 g/mol. The number of hydrogen-bond donors (Lipinski definition) is 2. The molecule has 2 aromatic carbocycles. The number of hydrogen-bond acceptors (Lipinski definition) is 1. The molecule has 134 valence electrons. The molecule has 2 N–H and O–H groups in total. The van der Waals surface area contributed by atoms with E-state index in [0.717, 1.165) is 45.4 Å². The van der Waals surface area contributed by atoms with Crippen molar-refractivity contribution in [2.45, 2.75) is 39.7 Å². The van der Waals surface area contributed by atoms with E-state index >= 15 is 0 Å². The van der Waals surface area contributed by atoms with Crippen LogP contribution in [0.3, 0.4) is 0 Å². The molecular formula is C22H31N2O+. The molecule has 1 amide bonds. The van der Waals surface area contributed by atoms with Crippen LogP contribution >= 0.6 is 0 Å². The van der Waals surface area contributed by atoms with E-state index in [4.69, 9.17) is 0 Å². The lowest BCUT2D eigenvalue weighted by atomic mass is 9.95. The average Bonchev–Trinajstić information content (AvgIpc) is 2.62. The van der Waals surface area contributed by atoms with E-state index in [1.54, 1.807) is 4.90 Å². The second-order valence-corrected chi connectivity index (χ2v) is 7.81. The molecule has 0 atom stereocenters. The molecule has 1 saturated heterocycles. The SMILES string of the molecule is CC(C)CCNC(=O)C1CC[NH+](Cc2cccc3ccccc23)CC1. The molecule has 0 unspecified atom stereocenters. The summed E-state index contributed by atoms with van der Waals surface area (Å²) in [6.07, 6.45) is 3.08. The Bertz CT molecular complexity index is 697. The van der Waals surface area contributed by atoms with E-state index in [1.807, 2.05) is 0 Å². The summed E-state index contributed by atoms with van der Waals surface area (Å²) in [5, 5.41) is 5.81. The number of quaternary nitrogens is 1. The first-order valence-electron chi connectivity index (χ1n) is 9.71. The zero-order chi connectivity index (χ0) is 17.6. The summed E-state index contributed by atoms with van der Waals surface area (Å²) in [5.74, 6) is 1.13. The van der Waals surface area contributed by atoms with E-state index in [1.165, 1.54) is 16.3 Å². The van der Waals surface area contributed by atoms with Crippen molar-refractivity contribution in [3.05, 3.63) is 48.0 Å². The first-order valence-corrected chi connectivity index (χ1v) is 9.71. The third kappa shape index (κ3) is 4.82. The highest BCUT2D eigenvalue weighted by Gasteiger charge is 2.27. The van der Waals surface area contributed by atoms with Crippen LogP contribution in [-0.2, 0) is 11.3 Å². The molecule has 3 rings (SSSR count). The number of benzene rings is 2. The maximum atomic E-state index is 12.3. The van der Waals surface area contributed by atoms with Crippen molar-refractivity contribution >= 4 is 16.7 Å². The molecule has 0 saturated carbocycles. The number of fused-ring (bicyclic) bond motifs is 1. The summed E-state index contributed by atoms with van der Waals surface area (Å²) in [6.45, 7) is 8.45. The van der Waals surface area contributed by atoms with Crippen LogP contribution in [0.2, 0.25) is 0 Å². The highest BCUT2D eigenvalue weighted by molar-refractivity contribution is 5.85. The number of carbonyl (C=O) groups is 1. The molecule has 0 aromatic heterocycles. The lowest BCUT2D eigenvalue weighted by Crippen LogP contribution is -3.11. The van der Waals surface area contributed by atoms with Crippen molar-refractivity contribution in [1.29, 1.82) is 0 Å². The van der Waals surface area contributed by atoms with Gasteiger partial charge in [0.1, 0.15) is 6.54 Å². The quantitative estimate of drug-likeness (QED) is 0.834. The van der Waals surface area contributed by atoms with Gasteiger partial charge >= 0.3 is 0 Å². The van der Waals surface area contributed by atoms with Gasteiger partial charge in [-0.1, -0.05) is 56.3 Å². The van der Waals surface area contributed by atoms with Gasteiger partial charge < -0.3 is 10.2 Å². The Hall–Kier alpha value is -1.87. The fourth-order valence-electron chi connectivity index (χ4n) is 3.81. The Morgan fingerprint density at radius 2 is 1.84 bits per heavy atom. The molecule has 3 heteroatoms. The minimum atomic E-state index is 0.212. The minimum absolute atomic E-state index is 0.212. The number of nitrogens with one attached hydrogen (secondary N) is 2.